The monoisotopic (exact) mass is 465 g/mol. The molecule has 0 fully saturated rings. The quantitative estimate of drug-likeness (QED) is 0.501. The van der Waals surface area contributed by atoms with Crippen LogP contribution in [0.5, 0.6) is 0 Å². The molecule has 30 heavy (non-hydrogen) atoms. The lowest BCUT2D eigenvalue weighted by molar-refractivity contribution is 0.0591. The number of nitrogens with one attached hydrogen (secondary N) is 1. The van der Waals surface area contributed by atoms with E-state index in [0.29, 0.717) is 24.5 Å². The zero-order chi connectivity index (χ0) is 21.0. The van der Waals surface area contributed by atoms with Crippen LogP contribution in [0.4, 0.5) is 0 Å². The Morgan fingerprint density at radius 2 is 2.07 bits per heavy atom. The molecule has 1 amide bonds. The Kier molecular flexibility index (Phi) is 4.39. The lowest BCUT2D eigenvalue weighted by Crippen LogP contribution is -2.49. The Hall–Kier alpha value is -3.13. The number of aromatic amines is 1. The molecule has 152 valence electrons. The molecule has 0 radical (unpaired) electrons. The summed E-state index contributed by atoms with van der Waals surface area (Å²) in [5, 5.41) is 1.09. The van der Waals surface area contributed by atoms with Gasteiger partial charge in [0, 0.05) is 46.9 Å². The molecule has 1 aliphatic heterocycles. The van der Waals surface area contributed by atoms with E-state index in [9.17, 15) is 9.59 Å². The number of rotatable bonds is 3. The van der Waals surface area contributed by atoms with E-state index in [1.54, 1.807) is 33.8 Å². The van der Waals surface area contributed by atoms with Crippen LogP contribution in [0.25, 0.3) is 16.6 Å². The summed E-state index contributed by atoms with van der Waals surface area (Å²) in [7, 11) is 0. The topological polar surface area (TPSA) is 75.9 Å². The molecule has 4 heterocycles. The lowest BCUT2D eigenvalue weighted by atomic mass is 10.1. The van der Waals surface area contributed by atoms with E-state index >= 15 is 0 Å². The second-order valence-corrected chi connectivity index (χ2v) is 8.64. The second-order valence-electron chi connectivity index (χ2n) is 7.73. The second kappa shape index (κ2) is 6.98. The van der Waals surface area contributed by atoms with Crippen molar-refractivity contribution in [3.8, 4) is 5.69 Å². The van der Waals surface area contributed by atoms with Gasteiger partial charge in [-0.15, -0.1) is 0 Å². The van der Waals surface area contributed by atoms with Crippen LogP contribution in [-0.2, 0) is 13.1 Å². The van der Waals surface area contributed by atoms with Gasteiger partial charge in [-0.2, -0.15) is 0 Å². The molecule has 0 aliphatic carbocycles. The zero-order valence-electron chi connectivity index (χ0n) is 16.6. The van der Waals surface area contributed by atoms with Crippen molar-refractivity contribution < 1.29 is 4.79 Å². The summed E-state index contributed by atoms with van der Waals surface area (Å²) >= 11 is 3.49. The number of aryl methyl sites for hydroxylation is 1. The van der Waals surface area contributed by atoms with E-state index in [0.717, 1.165) is 26.6 Å². The molecule has 1 aliphatic rings. The molecular formula is C22H20BrN5O2. The first kappa shape index (κ1) is 18.9. The van der Waals surface area contributed by atoms with Crippen LogP contribution in [0, 0.1) is 6.92 Å². The van der Waals surface area contributed by atoms with Crippen molar-refractivity contribution >= 4 is 32.7 Å². The van der Waals surface area contributed by atoms with Crippen molar-refractivity contribution in [3.05, 3.63) is 80.8 Å². The highest BCUT2D eigenvalue weighted by molar-refractivity contribution is 9.10. The maximum Gasteiger partial charge on any atom is 0.275 e. The van der Waals surface area contributed by atoms with Crippen molar-refractivity contribution in [2.75, 3.05) is 0 Å². The predicted molar refractivity (Wildman–Crippen MR) is 118 cm³/mol. The van der Waals surface area contributed by atoms with Gasteiger partial charge in [0.15, 0.2) is 0 Å². The van der Waals surface area contributed by atoms with Crippen molar-refractivity contribution in [2.24, 2.45) is 0 Å². The van der Waals surface area contributed by atoms with Crippen LogP contribution in [0.3, 0.4) is 0 Å². The third-order valence-electron chi connectivity index (χ3n) is 5.67. The first-order chi connectivity index (χ1) is 14.4. The molecule has 0 saturated heterocycles. The van der Waals surface area contributed by atoms with E-state index in [1.807, 2.05) is 43.1 Å². The van der Waals surface area contributed by atoms with Gasteiger partial charge in [-0.3, -0.25) is 9.59 Å². The predicted octanol–water partition coefficient (Wildman–Crippen LogP) is 3.63. The number of nitrogens with zero attached hydrogens (tertiary/aromatic N) is 4. The first-order valence-corrected chi connectivity index (χ1v) is 10.5. The molecule has 0 saturated carbocycles. The van der Waals surface area contributed by atoms with Gasteiger partial charge in [0.05, 0.1) is 12.0 Å². The number of pyridine rings is 1. The first-order valence-electron chi connectivity index (χ1n) is 9.73. The van der Waals surface area contributed by atoms with Gasteiger partial charge in [-0.1, -0.05) is 22.0 Å². The van der Waals surface area contributed by atoms with E-state index in [2.05, 4.69) is 25.9 Å². The SMILES string of the molecule is Cc1cn(-c2ccc3n(c2=O)C[C@@H](C)N(Cc2c[nH]c4cc(Br)ccc24)C3=O)cn1. The molecule has 0 spiro atoms. The van der Waals surface area contributed by atoms with Crippen LogP contribution in [-0.4, -0.2) is 36.0 Å². The molecule has 5 rings (SSSR count). The Labute approximate surface area is 181 Å². The summed E-state index contributed by atoms with van der Waals surface area (Å²) < 4.78 is 4.29. The fraction of sp³-hybridized carbons (Fsp3) is 0.227. The maximum atomic E-state index is 13.3. The van der Waals surface area contributed by atoms with E-state index in [-0.39, 0.29) is 17.5 Å². The number of H-pyrrole nitrogens is 1. The highest BCUT2D eigenvalue weighted by Gasteiger charge is 2.31. The van der Waals surface area contributed by atoms with Gasteiger partial charge >= 0.3 is 0 Å². The number of fused-ring (bicyclic) bond motifs is 2. The number of hydrogen-bond acceptors (Lipinski definition) is 3. The van der Waals surface area contributed by atoms with Gasteiger partial charge < -0.3 is 19.0 Å². The summed E-state index contributed by atoms with van der Waals surface area (Å²) in [4.78, 5) is 35.7. The van der Waals surface area contributed by atoms with Gasteiger partial charge in [0.25, 0.3) is 11.5 Å². The smallest absolute Gasteiger partial charge is 0.275 e. The maximum absolute atomic E-state index is 13.3. The molecule has 0 bridgehead atoms. The van der Waals surface area contributed by atoms with Crippen LogP contribution in [0.15, 0.2) is 58.3 Å². The minimum atomic E-state index is -0.179. The molecule has 7 nitrogen and oxygen atoms in total. The fourth-order valence-corrected chi connectivity index (χ4v) is 4.46. The Balaban J connectivity index is 1.50. The Morgan fingerprint density at radius 1 is 1.23 bits per heavy atom. The fourth-order valence-electron chi connectivity index (χ4n) is 4.09. The minimum absolute atomic E-state index is 0.108. The lowest BCUT2D eigenvalue weighted by Gasteiger charge is -2.35. The molecule has 0 unspecified atom stereocenters. The summed E-state index contributed by atoms with van der Waals surface area (Å²) in [6.45, 7) is 4.79. The van der Waals surface area contributed by atoms with Gasteiger partial charge in [-0.05, 0) is 43.7 Å². The molecular weight excluding hydrogens is 446 g/mol. The number of carbonyl (C=O) groups excluding carboxylic acids is 1. The number of benzene rings is 1. The van der Waals surface area contributed by atoms with Gasteiger partial charge in [0.1, 0.15) is 11.4 Å². The standard InChI is InChI=1S/C22H20BrN5O2/c1-13-9-26(12-25-13)19-5-6-20-22(30)27(14(2)10-28(20)21(19)29)11-15-8-24-18-7-16(23)3-4-17(15)18/h3-9,12,14,24H,10-11H2,1-2H3/t14-/m1/s1. The zero-order valence-corrected chi connectivity index (χ0v) is 18.2. The number of carbonyl (C=O) groups is 1. The summed E-state index contributed by atoms with van der Waals surface area (Å²) in [6.07, 6.45) is 5.37. The van der Waals surface area contributed by atoms with Crippen LogP contribution in [0.2, 0.25) is 0 Å². The molecule has 8 heteroatoms. The van der Waals surface area contributed by atoms with Crippen molar-refractivity contribution in [1.82, 2.24) is 24.0 Å². The van der Waals surface area contributed by atoms with Crippen LogP contribution >= 0.6 is 15.9 Å². The van der Waals surface area contributed by atoms with Crippen LogP contribution in [0.1, 0.15) is 28.7 Å². The van der Waals surface area contributed by atoms with Crippen molar-refractivity contribution in [1.29, 1.82) is 0 Å². The van der Waals surface area contributed by atoms with Crippen LogP contribution < -0.4 is 5.56 Å². The molecule has 4 aromatic rings. The third-order valence-corrected chi connectivity index (χ3v) is 6.17. The Morgan fingerprint density at radius 3 is 2.83 bits per heavy atom. The summed E-state index contributed by atoms with van der Waals surface area (Å²) in [5.41, 5.74) is 3.64. The van der Waals surface area contributed by atoms with Crippen molar-refractivity contribution in [3.63, 3.8) is 0 Å². The largest absolute Gasteiger partial charge is 0.361 e. The summed E-state index contributed by atoms with van der Waals surface area (Å²) in [5.74, 6) is -0.134. The number of halogens is 1. The number of imidazole rings is 1. The van der Waals surface area contributed by atoms with E-state index in [1.165, 1.54) is 0 Å². The van der Waals surface area contributed by atoms with E-state index < -0.39 is 0 Å². The molecule has 1 N–H and O–H groups in total. The number of hydrogen-bond donors (Lipinski definition) is 1. The molecule has 3 aromatic heterocycles. The van der Waals surface area contributed by atoms with Crippen molar-refractivity contribution in [2.45, 2.75) is 33.0 Å². The number of amides is 1. The summed E-state index contributed by atoms with van der Waals surface area (Å²) in [6, 6.07) is 9.39. The minimum Gasteiger partial charge on any atom is -0.361 e. The van der Waals surface area contributed by atoms with Gasteiger partial charge in [-0.25, -0.2) is 4.98 Å². The number of aromatic nitrogens is 4. The Bertz CT molecular complexity index is 1350. The third kappa shape index (κ3) is 2.99. The molecule has 1 atom stereocenters. The molecule has 1 aromatic carbocycles. The normalized spacial score (nSPS) is 16.3. The highest BCUT2D eigenvalue weighted by atomic mass is 79.9. The highest BCUT2D eigenvalue weighted by Crippen LogP contribution is 2.26. The average Bonchev–Trinajstić information content (AvgIpc) is 3.32. The van der Waals surface area contributed by atoms with E-state index in [4.69, 9.17) is 0 Å². The van der Waals surface area contributed by atoms with Gasteiger partial charge in [0.2, 0.25) is 0 Å². The average molecular weight is 466 g/mol.